The first-order valence-electron chi connectivity index (χ1n) is 10.1. The van der Waals surface area contributed by atoms with Crippen LogP contribution in [-0.2, 0) is 29.7 Å². The molecule has 2 aromatic heterocycles. The Hall–Kier alpha value is -3.27. The molecule has 4 rings (SSSR count). The SMILES string of the molecule is CCC(=O)C(C)=O.[Ir].c1ccc(-c2ccccn2)cc1.c1ccc(-c2ccccn2)cc1. The van der Waals surface area contributed by atoms with Crippen molar-refractivity contribution in [2.45, 2.75) is 20.3 Å². The average molecular weight is 603 g/mol. The van der Waals surface area contributed by atoms with Crippen molar-refractivity contribution >= 4 is 11.6 Å². The van der Waals surface area contributed by atoms with Gasteiger partial charge in [0.2, 0.25) is 0 Å². The van der Waals surface area contributed by atoms with Crippen molar-refractivity contribution in [3.05, 3.63) is 109 Å². The monoisotopic (exact) mass is 603 g/mol. The van der Waals surface area contributed by atoms with Crippen LogP contribution in [0.4, 0.5) is 0 Å². The number of carbonyl (C=O) groups excluding carboxylic acids is 2. The van der Waals surface area contributed by atoms with Gasteiger partial charge in [0.25, 0.3) is 0 Å². The molecule has 0 aliphatic rings. The molecule has 0 bridgehead atoms. The summed E-state index contributed by atoms with van der Waals surface area (Å²) in [6.45, 7) is 2.95. The Morgan fingerprint density at radius 2 is 1.00 bits per heavy atom. The van der Waals surface area contributed by atoms with Crippen LogP contribution in [0.15, 0.2) is 109 Å². The van der Waals surface area contributed by atoms with Crippen LogP contribution < -0.4 is 0 Å². The van der Waals surface area contributed by atoms with Gasteiger partial charge in [-0.25, -0.2) is 0 Å². The molecule has 0 atom stereocenters. The Morgan fingerprint density at radius 1 is 0.625 bits per heavy atom. The number of nitrogens with zero attached hydrogens (tertiary/aromatic N) is 2. The number of rotatable bonds is 4. The zero-order chi connectivity index (χ0) is 22.3. The fraction of sp³-hybridized carbons (Fsp3) is 0.111. The Kier molecular flexibility index (Phi) is 13.0. The average Bonchev–Trinajstić information content (AvgIpc) is 2.86. The van der Waals surface area contributed by atoms with Crippen LogP contribution in [0.25, 0.3) is 22.5 Å². The van der Waals surface area contributed by atoms with Gasteiger partial charge in [0.1, 0.15) is 0 Å². The van der Waals surface area contributed by atoms with E-state index in [9.17, 15) is 9.59 Å². The first-order valence-corrected chi connectivity index (χ1v) is 10.1. The number of benzene rings is 2. The van der Waals surface area contributed by atoms with E-state index >= 15 is 0 Å². The minimum absolute atomic E-state index is 0. The Morgan fingerprint density at radius 3 is 1.25 bits per heavy atom. The second-order valence-corrected chi connectivity index (χ2v) is 6.49. The number of hydrogen-bond donors (Lipinski definition) is 0. The third-order valence-electron chi connectivity index (χ3n) is 4.18. The molecule has 0 N–H and O–H groups in total. The number of Topliss-reactive ketones (excluding diaryl/α,β-unsaturated/α-hetero) is 2. The molecule has 0 unspecified atom stereocenters. The van der Waals surface area contributed by atoms with Gasteiger partial charge in [0, 0.05) is 57.0 Å². The van der Waals surface area contributed by atoms with Gasteiger partial charge >= 0.3 is 0 Å². The molecule has 2 heterocycles. The summed E-state index contributed by atoms with van der Waals surface area (Å²) in [6, 6.07) is 32.2. The van der Waals surface area contributed by atoms with Crippen LogP contribution in [0.5, 0.6) is 0 Å². The molecule has 5 heteroatoms. The van der Waals surface area contributed by atoms with Gasteiger partial charge in [0.05, 0.1) is 11.4 Å². The van der Waals surface area contributed by atoms with E-state index < -0.39 is 0 Å². The fourth-order valence-corrected chi connectivity index (χ4v) is 2.53. The first-order chi connectivity index (χ1) is 15.1. The largest absolute Gasteiger partial charge is 0.291 e. The van der Waals surface area contributed by atoms with Crippen molar-refractivity contribution in [3.63, 3.8) is 0 Å². The summed E-state index contributed by atoms with van der Waals surface area (Å²) in [5, 5.41) is 0. The third-order valence-corrected chi connectivity index (χ3v) is 4.18. The summed E-state index contributed by atoms with van der Waals surface area (Å²) in [4.78, 5) is 28.7. The first kappa shape index (κ1) is 26.8. The maximum atomic E-state index is 10.2. The van der Waals surface area contributed by atoms with Crippen molar-refractivity contribution in [1.29, 1.82) is 0 Å². The van der Waals surface area contributed by atoms with Gasteiger partial charge in [-0.1, -0.05) is 79.7 Å². The van der Waals surface area contributed by atoms with Gasteiger partial charge in [-0.05, 0) is 24.3 Å². The molecule has 165 valence electrons. The predicted molar refractivity (Wildman–Crippen MR) is 125 cm³/mol. The minimum Gasteiger partial charge on any atom is -0.291 e. The van der Waals surface area contributed by atoms with E-state index in [1.165, 1.54) is 6.92 Å². The summed E-state index contributed by atoms with van der Waals surface area (Å²) in [5.41, 5.74) is 4.38. The molecule has 2 aromatic carbocycles. The number of pyridine rings is 2. The standard InChI is InChI=1S/2C11H9N.C5H8O2.Ir/c2*1-2-6-10(7-3-1)11-8-4-5-9-12-11;1-3-5(7)4(2)6;/h2*1-9H;3H2,1-2H3;. The van der Waals surface area contributed by atoms with Crippen LogP contribution in [0.3, 0.4) is 0 Å². The Labute approximate surface area is 203 Å². The van der Waals surface area contributed by atoms with E-state index in [1.807, 2.05) is 85.2 Å². The van der Waals surface area contributed by atoms with Gasteiger partial charge in [-0.15, -0.1) is 0 Å². The van der Waals surface area contributed by atoms with E-state index in [0.717, 1.165) is 22.5 Å². The van der Waals surface area contributed by atoms with E-state index in [-0.39, 0.29) is 31.7 Å². The van der Waals surface area contributed by atoms with Crippen LogP contribution in [-0.4, -0.2) is 21.5 Å². The molecule has 1 radical (unpaired) electrons. The van der Waals surface area contributed by atoms with Crippen molar-refractivity contribution < 1.29 is 29.7 Å². The molecule has 0 aliphatic heterocycles. The van der Waals surface area contributed by atoms with Crippen molar-refractivity contribution in [1.82, 2.24) is 9.97 Å². The third kappa shape index (κ3) is 9.69. The maximum absolute atomic E-state index is 10.2. The van der Waals surface area contributed by atoms with Crippen LogP contribution in [0.1, 0.15) is 20.3 Å². The molecule has 4 nitrogen and oxygen atoms in total. The van der Waals surface area contributed by atoms with Gasteiger partial charge in [-0.3, -0.25) is 19.6 Å². The van der Waals surface area contributed by atoms with Crippen LogP contribution >= 0.6 is 0 Å². The predicted octanol–water partition coefficient (Wildman–Crippen LogP) is 6.05. The van der Waals surface area contributed by atoms with E-state index in [4.69, 9.17) is 0 Å². The summed E-state index contributed by atoms with van der Waals surface area (Å²) >= 11 is 0. The number of carbonyl (C=O) groups is 2. The minimum atomic E-state index is -0.345. The normalized spacial score (nSPS) is 9.06. The molecule has 0 amide bonds. The second kappa shape index (κ2) is 15.5. The smallest absolute Gasteiger partial charge is 0.197 e. The van der Waals surface area contributed by atoms with Crippen molar-refractivity contribution in [2.24, 2.45) is 0 Å². The molecule has 0 saturated heterocycles. The zero-order valence-corrected chi connectivity index (χ0v) is 20.5. The molecule has 4 aromatic rings. The summed E-state index contributed by atoms with van der Waals surface area (Å²) in [6.07, 6.45) is 3.94. The topological polar surface area (TPSA) is 59.9 Å². The van der Waals surface area contributed by atoms with Gasteiger partial charge in [-0.2, -0.15) is 0 Å². The summed E-state index contributed by atoms with van der Waals surface area (Å²) < 4.78 is 0. The molecule has 0 saturated carbocycles. The summed E-state index contributed by atoms with van der Waals surface area (Å²) in [7, 11) is 0. The molecule has 0 aliphatic carbocycles. The van der Waals surface area contributed by atoms with E-state index in [1.54, 1.807) is 6.92 Å². The summed E-state index contributed by atoms with van der Waals surface area (Å²) in [5.74, 6) is -0.637. The van der Waals surface area contributed by atoms with Crippen molar-refractivity contribution in [3.8, 4) is 22.5 Å². The van der Waals surface area contributed by atoms with Crippen LogP contribution in [0.2, 0.25) is 0 Å². The van der Waals surface area contributed by atoms with Crippen LogP contribution in [0, 0.1) is 0 Å². The molecule has 0 fully saturated rings. The van der Waals surface area contributed by atoms with Gasteiger partial charge in [0.15, 0.2) is 11.6 Å². The maximum Gasteiger partial charge on any atom is 0.197 e. The molecule has 0 spiro atoms. The Bertz CT molecular complexity index is 892. The second-order valence-electron chi connectivity index (χ2n) is 6.49. The number of ketones is 2. The fourth-order valence-electron chi connectivity index (χ4n) is 2.53. The quantitative estimate of drug-likeness (QED) is 0.267. The van der Waals surface area contributed by atoms with Gasteiger partial charge < -0.3 is 0 Å². The number of hydrogen-bond acceptors (Lipinski definition) is 4. The molecular formula is C27H26IrN2O2. The van der Waals surface area contributed by atoms with E-state index in [2.05, 4.69) is 34.2 Å². The van der Waals surface area contributed by atoms with E-state index in [0.29, 0.717) is 6.42 Å². The zero-order valence-electron chi connectivity index (χ0n) is 18.1. The Balaban J connectivity index is 0.000000246. The van der Waals surface area contributed by atoms with Crippen molar-refractivity contribution in [2.75, 3.05) is 0 Å². The molecule has 32 heavy (non-hydrogen) atoms. The molecular weight excluding hydrogens is 577 g/mol. The number of aromatic nitrogens is 2.